The standard InChI is InChI=1S/C47H59N3O9S/c1-4-59-41-30-36(22-24-40(41)58-2)39(31-60(3,56)57)50-46(54)38-16-13-15-35(44(38)47(50)55)14-11-9-7-5-6-8-10-12-17-43(52)49-28-26-33(27-29-49)32-18-20-34(21-19-32)37-23-25-42(51)48-45(37)53/h13,15-16,18-22,24,30,33,37,39H,4-12,14,17,23,25-29,31H2,1-3H3,(H,48,51,53)/t37?,39-/m1/s1. The molecule has 0 bridgehead atoms. The molecule has 5 amide bonds. The Morgan fingerprint density at radius 2 is 1.48 bits per heavy atom. The minimum atomic E-state index is -3.60. The number of hydrogen-bond acceptors (Lipinski definition) is 9. The Bertz CT molecular complexity index is 2140. The molecule has 1 unspecified atom stereocenters. The zero-order valence-corrected chi connectivity index (χ0v) is 36.0. The van der Waals surface area contributed by atoms with Gasteiger partial charge in [0, 0.05) is 32.2 Å². The van der Waals surface area contributed by atoms with E-state index in [4.69, 9.17) is 9.47 Å². The molecule has 60 heavy (non-hydrogen) atoms. The van der Waals surface area contributed by atoms with Crippen LogP contribution in [0.25, 0.3) is 0 Å². The van der Waals surface area contributed by atoms with Gasteiger partial charge in [-0.1, -0.05) is 81.0 Å². The Labute approximate surface area is 354 Å². The Kier molecular flexibility index (Phi) is 15.2. The number of imide groups is 2. The molecule has 3 aliphatic heterocycles. The number of nitrogens with zero attached hydrogens (tertiary/aromatic N) is 2. The van der Waals surface area contributed by atoms with Gasteiger partial charge in [-0.05, 0) is 91.8 Å². The number of ether oxygens (including phenoxy) is 2. The molecule has 13 heteroatoms. The highest BCUT2D eigenvalue weighted by molar-refractivity contribution is 7.90. The lowest BCUT2D eigenvalue weighted by Gasteiger charge is -2.32. The summed E-state index contributed by atoms with van der Waals surface area (Å²) < 4.78 is 36.3. The summed E-state index contributed by atoms with van der Waals surface area (Å²) in [6.07, 6.45) is 13.2. The summed E-state index contributed by atoms with van der Waals surface area (Å²) in [5.74, 6) is -0.601. The maximum absolute atomic E-state index is 14.0. The van der Waals surface area contributed by atoms with Gasteiger partial charge in [-0.25, -0.2) is 8.42 Å². The zero-order chi connectivity index (χ0) is 42.8. The van der Waals surface area contributed by atoms with Crippen LogP contribution >= 0.6 is 0 Å². The Hall–Kier alpha value is -5.04. The fourth-order valence-corrected chi connectivity index (χ4v) is 9.84. The van der Waals surface area contributed by atoms with Gasteiger partial charge in [0.15, 0.2) is 11.5 Å². The minimum Gasteiger partial charge on any atom is -0.493 e. The van der Waals surface area contributed by atoms with Crippen LogP contribution in [0.1, 0.15) is 151 Å². The molecular formula is C47H59N3O9S. The maximum atomic E-state index is 14.0. The molecule has 3 heterocycles. The van der Waals surface area contributed by atoms with E-state index in [1.807, 2.05) is 30.0 Å². The first-order valence-electron chi connectivity index (χ1n) is 21.6. The summed E-state index contributed by atoms with van der Waals surface area (Å²) >= 11 is 0. The molecule has 0 saturated carbocycles. The summed E-state index contributed by atoms with van der Waals surface area (Å²) in [5.41, 5.74) is 4.10. The average molecular weight is 842 g/mol. The van der Waals surface area contributed by atoms with Crippen LogP contribution in [-0.2, 0) is 30.6 Å². The highest BCUT2D eigenvalue weighted by atomic mass is 32.2. The topological polar surface area (TPSA) is 156 Å². The third-order valence-electron chi connectivity index (χ3n) is 12.2. The third kappa shape index (κ3) is 11.0. The summed E-state index contributed by atoms with van der Waals surface area (Å²) in [5, 5.41) is 2.44. The van der Waals surface area contributed by atoms with E-state index in [9.17, 15) is 32.4 Å². The van der Waals surface area contributed by atoms with Crippen molar-refractivity contribution in [2.24, 2.45) is 0 Å². The fraction of sp³-hybridized carbons (Fsp3) is 0.511. The first kappa shape index (κ1) is 44.5. The number of unbranched alkanes of at least 4 members (excludes halogenated alkanes) is 7. The molecular weight excluding hydrogens is 783 g/mol. The van der Waals surface area contributed by atoms with Crippen LogP contribution in [0.4, 0.5) is 0 Å². The second-order valence-corrected chi connectivity index (χ2v) is 18.6. The number of amides is 5. The van der Waals surface area contributed by atoms with Crippen LogP contribution in [0.15, 0.2) is 60.7 Å². The predicted octanol–water partition coefficient (Wildman–Crippen LogP) is 7.46. The average Bonchev–Trinajstić information content (AvgIpc) is 3.49. The lowest BCUT2D eigenvalue weighted by Crippen LogP contribution is -2.39. The smallest absolute Gasteiger partial charge is 0.262 e. The SMILES string of the molecule is CCOc1cc([C@@H](CS(C)(=O)=O)N2C(=O)c3cccc(CCCCCCCCCCC(=O)N4CCC(c5ccc(C6CCC(=O)NC6=O)cc5)CC4)c3C2=O)ccc1OC. The van der Waals surface area contributed by atoms with Crippen molar-refractivity contribution < 1.29 is 41.9 Å². The second kappa shape index (κ2) is 20.5. The van der Waals surface area contributed by atoms with Crippen LogP contribution in [0, 0.1) is 0 Å². The highest BCUT2D eigenvalue weighted by Gasteiger charge is 2.43. The molecule has 3 aromatic carbocycles. The normalized spacial score (nSPS) is 17.8. The molecule has 6 rings (SSSR count). The quantitative estimate of drug-likeness (QED) is 0.0902. The number of carbonyl (C=O) groups excluding carboxylic acids is 5. The van der Waals surface area contributed by atoms with Crippen molar-refractivity contribution in [1.82, 2.24) is 15.1 Å². The summed E-state index contributed by atoms with van der Waals surface area (Å²) in [6, 6.07) is 17.5. The molecule has 2 fully saturated rings. The number of nitrogens with one attached hydrogen (secondary N) is 1. The Morgan fingerprint density at radius 3 is 2.13 bits per heavy atom. The third-order valence-corrected chi connectivity index (χ3v) is 13.1. The summed E-state index contributed by atoms with van der Waals surface area (Å²) in [4.78, 5) is 67.6. The maximum Gasteiger partial charge on any atom is 0.262 e. The molecule has 0 radical (unpaired) electrons. The Morgan fingerprint density at radius 1 is 0.817 bits per heavy atom. The summed E-state index contributed by atoms with van der Waals surface area (Å²) in [6.45, 7) is 3.70. The number of aryl methyl sites for hydroxylation is 1. The van der Waals surface area contributed by atoms with Crippen LogP contribution < -0.4 is 14.8 Å². The number of fused-ring (bicyclic) bond motifs is 1. The van der Waals surface area contributed by atoms with Crippen molar-refractivity contribution in [2.75, 3.05) is 38.8 Å². The number of sulfone groups is 1. The molecule has 0 aromatic heterocycles. The van der Waals surface area contributed by atoms with Crippen LogP contribution in [0.3, 0.4) is 0 Å². The Balaban J connectivity index is 0.888. The molecule has 2 saturated heterocycles. The van der Waals surface area contributed by atoms with Crippen molar-refractivity contribution in [3.05, 3.63) is 94.0 Å². The van der Waals surface area contributed by atoms with Gasteiger partial charge in [0.1, 0.15) is 9.84 Å². The first-order valence-corrected chi connectivity index (χ1v) is 23.6. The number of piperidine rings is 2. The predicted molar refractivity (Wildman–Crippen MR) is 229 cm³/mol. The largest absolute Gasteiger partial charge is 0.493 e. The number of methoxy groups -OCH3 is 1. The van der Waals surface area contributed by atoms with Crippen molar-refractivity contribution in [1.29, 1.82) is 0 Å². The van der Waals surface area contributed by atoms with Crippen molar-refractivity contribution in [3.63, 3.8) is 0 Å². The van der Waals surface area contributed by atoms with E-state index in [1.165, 1.54) is 12.7 Å². The van der Waals surface area contributed by atoms with E-state index in [1.54, 1.807) is 30.3 Å². The van der Waals surface area contributed by atoms with Crippen LogP contribution in [0.2, 0.25) is 0 Å². The van der Waals surface area contributed by atoms with Gasteiger partial charge >= 0.3 is 0 Å². The van der Waals surface area contributed by atoms with Gasteiger partial charge in [-0.3, -0.25) is 34.2 Å². The highest BCUT2D eigenvalue weighted by Crippen LogP contribution is 2.38. The lowest BCUT2D eigenvalue weighted by atomic mass is 9.86. The van der Waals surface area contributed by atoms with Gasteiger partial charge in [-0.2, -0.15) is 0 Å². The number of carbonyl (C=O) groups is 5. The molecule has 0 spiro atoms. The second-order valence-electron chi connectivity index (χ2n) is 16.4. The van der Waals surface area contributed by atoms with E-state index in [-0.39, 0.29) is 23.6 Å². The fourth-order valence-electron chi connectivity index (χ4n) is 8.92. The van der Waals surface area contributed by atoms with E-state index >= 15 is 0 Å². The van der Waals surface area contributed by atoms with Gasteiger partial charge in [0.2, 0.25) is 17.7 Å². The van der Waals surface area contributed by atoms with E-state index < -0.39 is 33.4 Å². The summed E-state index contributed by atoms with van der Waals surface area (Å²) in [7, 11) is -2.09. The molecule has 3 aromatic rings. The number of likely N-dealkylation sites (tertiary alicyclic amines) is 1. The van der Waals surface area contributed by atoms with Crippen molar-refractivity contribution in [3.8, 4) is 11.5 Å². The van der Waals surface area contributed by atoms with Crippen molar-refractivity contribution in [2.45, 2.75) is 115 Å². The molecule has 0 aliphatic carbocycles. The number of hydrogen-bond donors (Lipinski definition) is 1. The molecule has 2 atom stereocenters. The van der Waals surface area contributed by atoms with Crippen molar-refractivity contribution >= 4 is 39.4 Å². The zero-order valence-electron chi connectivity index (χ0n) is 35.2. The monoisotopic (exact) mass is 841 g/mol. The molecule has 3 aliphatic rings. The van der Waals surface area contributed by atoms with Crippen LogP contribution in [0.5, 0.6) is 11.5 Å². The van der Waals surface area contributed by atoms with E-state index in [0.29, 0.717) is 66.4 Å². The van der Waals surface area contributed by atoms with E-state index in [2.05, 4.69) is 17.4 Å². The van der Waals surface area contributed by atoms with Gasteiger partial charge in [-0.15, -0.1) is 0 Å². The van der Waals surface area contributed by atoms with Gasteiger partial charge in [0.25, 0.3) is 11.8 Å². The van der Waals surface area contributed by atoms with Gasteiger partial charge in [0.05, 0.1) is 42.6 Å². The number of rotatable bonds is 20. The molecule has 322 valence electrons. The molecule has 1 N–H and O–H groups in total. The van der Waals surface area contributed by atoms with Gasteiger partial charge < -0.3 is 14.4 Å². The first-order chi connectivity index (χ1) is 28.9. The number of benzene rings is 3. The minimum absolute atomic E-state index is 0.205. The lowest BCUT2D eigenvalue weighted by molar-refractivity contribution is -0.134. The van der Waals surface area contributed by atoms with E-state index in [0.717, 1.165) is 99.6 Å². The molecule has 12 nitrogen and oxygen atoms in total. The van der Waals surface area contributed by atoms with Crippen LogP contribution in [-0.4, -0.2) is 86.6 Å².